The molecule has 1 aliphatic heterocycles. The summed E-state index contributed by atoms with van der Waals surface area (Å²) in [6.45, 7) is 3.88. The SMILES string of the molecule is CCOC(=O)C1=C(C)N=c2s/c(=C/c3cc(Br)c(OCc4ccccc4Cl)c(OC)c3)c(=O)n2C1c1ccc(OC)c(OC)c1. The van der Waals surface area contributed by atoms with E-state index in [1.54, 1.807) is 64.5 Å². The van der Waals surface area contributed by atoms with Gasteiger partial charge in [-0.25, -0.2) is 9.79 Å². The van der Waals surface area contributed by atoms with Crippen molar-refractivity contribution in [2.24, 2.45) is 4.99 Å². The molecule has 0 radical (unpaired) electrons. The Morgan fingerprint density at radius 2 is 1.78 bits per heavy atom. The summed E-state index contributed by atoms with van der Waals surface area (Å²) in [5.41, 5.74) is 2.58. The molecule has 1 atom stereocenters. The van der Waals surface area contributed by atoms with Gasteiger partial charge < -0.3 is 23.7 Å². The maximum absolute atomic E-state index is 14.1. The largest absolute Gasteiger partial charge is 0.493 e. The normalized spacial score (nSPS) is 14.5. The summed E-state index contributed by atoms with van der Waals surface area (Å²) in [7, 11) is 4.62. The smallest absolute Gasteiger partial charge is 0.338 e. The highest BCUT2D eigenvalue weighted by Gasteiger charge is 2.34. The number of carbonyl (C=O) groups is 1. The lowest BCUT2D eigenvalue weighted by molar-refractivity contribution is -0.139. The maximum Gasteiger partial charge on any atom is 0.338 e. The zero-order valence-corrected chi connectivity index (χ0v) is 28.3. The number of nitrogens with zero attached hydrogens (tertiary/aromatic N) is 2. The number of ether oxygens (including phenoxy) is 5. The maximum atomic E-state index is 14.1. The van der Waals surface area contributed by atoms with Crippen LogP contribution in [0.3, 0.4) is 0 Å². The summed E-state index contributed by atoms with van der Waals surface area (Å²) in [4.78, 5) is 32.4. The third-order valence-corrected chi connectivity index (χ3v) is 9.06. The highest BCUT2D eigenvalue weighted by molar-refractivity contribution is 9.10. The van der Waals surface area contributed by atoms with Gasteiger partial charge in [0.2, 0.25) is 0 Å². The van der Waals surface area contributed by atoms with Crippen LogP contribution in [0.15, 0.2) is 80.1 Å². The standard InChI is InChI=1S/C33H30BrClN2O7S/c1-6-43-32(39)28-18(2)36-33-37(29(28)20-11-12-24(40-3)25(16-20)41-4)31(38)27(45-33)15-19-13-22(34)30(26(14-19)42-5)44-17-21-9-7-8-10-23(21)35/h7-16,29H,6,17H2,1-5H3/b27-15+. The number of allylic oxidation sites excluding steroid dienone is 1. The number of methoxy groups -OCH3 is 3. The third kappa shape index (κ3) is 6.51. The first-order valence-electron chi connectivity index (χ1n) is 13.9. The molecule has 0 saturated heterocycles. The van der Waals surface area contributed by atoms with E-state index >= 15 is 0 Å². The Labute approximate surface area is 277 Å². The van der Waals surface area contributed by atoms with Gasteiger partial charge in [-0.05, 0) is 77.3 Å². The zero-order valence-electron chi connectivity index (χ0n) is 25.2. The molecular weight excluding hydrogens is 684 g/mol. The lowest BCUT2D eigenvalue weighted by Gasteiger charge is -2.25. The zero-order chi connectivity index (χ0) is 32.2. The number of benzene rings is 3. The van der Waals surface area contributed by atoms with Gasteiger partial charge in [0.15, 0.2) is 27.8 Å². The Hall–Kier alpha value is -4.06. The Kier molecular flexibility index (Phi) is 10.0. The Morgan fingerprint density at radius 1 is 1.04 bits per heavy atom. The second-order valence-electron chi connectivity index (χ2n) is 9.83. The number of esters is 1. The first-order valence-corrected chi connectivity index (χ1v) is 15.8. The molecule has 1 aliphatic rings. The van der Waals surface area contributed by atoms with Crippen LogP contribution in [0, 0.1) is 0 Å². The molecule has 0 aliphatic carbocycles. The predicted octanol–water partition coefficient (Wildman–Crippen LogP) is 5.82. The van der Waals surface area contributed by atoms with Crippen molar-refractivity contribution in [3.63, 3.8) is 0 Å². The van der Waals surface area contributed by atoms with Crippen molar-refractivity contribution in [1.82, 2.24) is 4.57 Å². The summed E-state index contributed by atoms with van der Waals surface area (Å²) in [6, 6.07) is 15.5. The van der Waals surface area contributed by atoms with Crippen molar-refractivity contribution in [3.8, 4) is 23.0 Å². The summed E-state index contributed by atoms with van der Waals surface area (Å²) < 4.78 is 30.6. The molecule has 4 aromatic rings. The minimum atomic E-state index is -0.802. The molecule has 0 spiro atoms. The average molecular weight is 714 g/mol. The number of carbonyl (C=O) groups excluding carboxylic acids is 1. The number of aromatic nitrogens is 1. The molecule has 2 heterocycles. The van der Waals surface area contributed by atoms with Crippen LogP contribution < -0.4 is 33.8 Å². The third-order valence-electron chi connectivity index (χ3n) is 7.12. The van der Waals surface area contributed by atoms with Gasteiger partial charge in [-0.2, -0.15) is 0 Å². The highest BCUT2D eigenvalue weighted by atomic mass is 79.9. The molecular formula is C33H30BrClN2O7S. The molecule has 0 fully saturated rings. The predicted molar refractivity (Wildman–Crippen MR) is 176 cm³/mol. The minimum absolute atomic E-state index is 0.174. The van der Waals surface area contributed by atoms with E-state index in [2.05, 4.69) is 20.9 Å². The van der Waals surface area contributed by atoms with E-state index in [9.17, 15) is 9.59 Å². The monoisotopic (exact) mass is 712 g/mol. The lowest BCUT2D eigenvalue weighted by Crippen LogP contribution is -2.40. The highest BCUT2D eigenvalue weighted by Crippen LogP contribution is 2.38. The molecule has 0 bridgehead atoms. The summed E-state index contributed by atoms with van der Waals surface area (Å²) in [6.07, 6.45) is 1.75. The second kappa shape index (κ2) is 13.9. The van der Waals surface area contributed by atoms with Crippen LogP contribution >= 0.6 is 38.9 Å². The van der Waals surface area contributed by atoms with Crippen molar-refractivity contribution in [1.29, 1.82) is 0 Å². The molecule has 9 nitrogen and oxygen atoms in total. The molecule has 12 heteroatoms. The van der Waals surface area contributed by atoms with Gasteiger partial charge in [0.25, 0.3) is 5.56 Å². The van der Waals surface area contributed by atoms with Crippen LogP contribution in [-0.4, -0.2) is 38.5 Å². The van der Waals surface area contributed by atoms with E-state index in [1.165, 1.54) is 23.0 Å². The van der Waals surface area contributed by atoms with Gasteiger partial charge in [0, 0.05) is 10.6 Å². The fourth-order valence-corrected chi connectivity index (χ4v) is 6.82. The van der Waals surface area contributed by atoms with E-state index in [0.29, 0.717) is 58.7 Å². The second-order valence-corrected chi connectivity index (χ2v) is 12.1. The van der Waals surface area contributed by atoms with Crippen LogP contribution in [0.5, 0.6) is 23.0 Å². The Bertz CT molecular complexity index is 1990. The summed E-state index contributed by atoms with van der Waals surface area (Å²) >= 11 is 11.1. The number of thiazole rings is 1. The van der Waals surface area contributed by atoms with Crippen molar-refractivity contribution in [2.45, 2.75) is 26.5 Å². The quantitative estimate of drug-likeness (QED) is 0.191. The Morgan fingerprint density at radius 3 is 2.47 bits per heavy atom. The molecule has 0 N–H and O–H groups in total. The van der Waals surface area contributed by atoms with E-state index in [1.807, 2.05) is 24.3 Å². The van der Waals surface area contributed by atoms with Crippen molar-refractivity contribution >= 4 is 50.9 Å². The summed E-state index contributed by atoms with van der Waals surface area (Å²) in [5, 5.41) is 0.604. The van der Waals surface area contributed by atoms with Gasteiger partial charge in [0.05, 0.1) is 54.3 Å². The molecule has 5 rings (SSSR count). The number of hydrogen-bond donors (Lipinski definition) is 0. The van der Waals surface area contributed by atoms with Gasteiger partial charge in [0.1, 0.15) is 6.61 Å². The van der Waals surface area contributed by atoms with Gasteiger partial charge in [-0.1, -0.05) is 47.2 Å². The van der Waals surface area contributed by atoms with Gasteiger partial charge in [-0.3, -0.25) is 9.36 Å². The van der Waals surface area contributed by atoms with Gasteiger partial charge in [-0.15, -0.1) is 0 Å². The van der Waals surface area contributed by atoms with Gasteiger partial charge >= 0.3 is 5.97 Å². The lowest BCUT2D eigenvalue weighted by atomic mass is 9.95. The number of hydrogen-bond acceptors (Lipinski definition) is 9. The molecule has 1 unspecified atom stereocenters. The average Bonchev–Trinajstić information content (AvgIpc) is 3.33. The van der Waals surface area contributed by atoms with Crippen LogP contribution in [-0.2, 0) is 16.1 Å². The van der Waals surface area contributed by atoms with E-state index in [0.717, 1.165) is 5.56 Å². The Balaban J connectivity index is 1.60. The minimum Gasteiger partial charge on any atom is -0.493 e. The van der Waals surface area contributed by atoms with Crippen molar-refractivity contribution in [2.75, 3.05) is 27.9 Å². The van der Waals surface area contributed by atoms with Crippen LogP contribution in [0.25, 0.3) is 6.08 Å². The topological polar surface area (TPSA) is 97.6 Å². The fourth-order valence-electron chi connectivity index (χ4n) is 5.01. The molecule has 0 saturated carbocycles. The van der Waals surface area contributed by atoms with E-state index in [4.69, 9.17) is 35.3 Å². The molecule has 0 amide bonds. The molecule has 234 valence electrons. The van der Waals surface area contributed by atoms with Crippen molar-refractivity contribution < 1.29 is 28.5 Å². The van der Waals surface area contributed by atoms with Crippen LogP contribution in [0.1, 0.15) is 36.6 Å². The number of halogens is 2. The molecule has 3 aromatic carbocycles. The van der Waals surface area contributed by atoms with E-state index < -0.39 is 12.0 Å². The van der Waals surface area contributed by atoms with Crippen molar-refractivity contribution in [3.05, 3.63) is 112 Å². The molecule has 45 heavy (non-hydrogen) atoms. The van der Waals surface area contributed by atoms with Crippen LogP contribution in [0.2, 0.25) is 5.02 Å². The van der Waals surface area contributed by atoms with Crippen LogP contribution in [0.4, 0.5) is 0 Å². The fraction of sp³-hybridized carbons (Fsp3) is 0.242. The number of fused-ring (bicyclic) bond motifs is 1. The van der Waals surface area contributed by atoms with E-state index in [-0.39, 0.29) is 24.3 Å². The molecule has 1 aromatic heterocycles. The summed E-state index contributed by atoms with van der Waals surface area (Å²) in [5.74, 6) is 1.40. The number of rotatable bonds is 10. The first kappa shape index (κ1) is 32.3. The first-order chi connectivity index (χ1) is 21.7.